The zero-order valence-electron chi connectivity index (χ0n) is 12.5. The Labute approximate surface area is 121 Å². The van der Waals surface area contributed by atoms with Crippen molar-refractivity contribution < 1.29 is 14.7 Å². The van der Waals surface area contributed by atoms with Gasteiger partial charge in [0.25, 0.3) is 0 Å². The molecule has 4 nitrogen and oxygen atoms in total. The molecule has 20 heavy (non-hydrogen) atoms. The molecule has 2 aliphatic rings. The Bertz CT molecular complexity index is 342. The number of likely N-dealkylation sites (tertiary alicyclic amines) is 1. The van der Waals surface area contributed by atoms with Gasteiger partial charge in [-0.2, -0.15) is 0 Å². The number of hydrogen-bond acceptors (Lipinski definition) is 2. The lowest BCUT2D eigenvalue weighted by Gasteiger charge is -2.33. The molecule has 1 aliphatic heterocycles. The number of carbonyl (C=O) groups excluding carboxylic acids is 1. The van der Waals surface area contributed by atoms with E-state index in [4.69, 9.17) is 5.11 Å². The van der Waals surface area contributed by atoms with Gasteiger partial charge in [-0.05, 0) is 31.1 Å². The summed E-state index contributed by atoms with van der Waals surface area (Å²) in [6.45, 7) is 3.54. The fourth-order valence-electron chi connectivity index (χ4n) is 3.76. The Kier molecular flexibility index (Phi) is 5.44. The first kappa shape index (κ1) is 15.3. The van der Waals surface area contributed by atoms with Crippen LogP contribution in [0.2, 0.25) is 0 Å². The van der Waals surface area contributed by atoms with E-state index >= 15 is 0 Å². The van der Waals surface area contributed by atoms with E-state index in [0.29, 0.717) is 0 Å². The lowest BCUT2D eigenvalue weighted by molar-refractivity contribution is -0.139. The number of aliphatic carboxylic acids is 1. The van der Waals surface area contributed by atoms with Gasteiger partial charge in [0, 0.05) is 25.4 Å². The molecular weight excluding hydrogens is 254 g/mol. The fourth-order valence-corrected chi connectivity index (χ4v) is 3.76. The van der Waals surface area contributed by atoms with E-state index in [1.807, 2.05) is 4.90 Å². The number of carbonyl (C=O) groups is 2. The van der Waals surface area contributed by atoms with Crippen LogP contribution in [0.25, 0.3) is 0 Å². The summed E-state index contributed by atoms with van der Waals surface area (Å²) in [4.78, 5) is 25.1. The van der Waals surface area contributed by atoms with Crippen LogP contribution in [-0.2, 0) is 9.59 Å². The van der Waals surface area contributed by atoms with Crippen LogP contribution >= 0.6 is 0 Å². The number of carboxylic acid groups (broad SMARTS) is 1. The third-order valence-electron chi connectivity index (χ3n) is 4.97. The Morgan fingerprint density at radius 2 is 1.70 bits per heavy atom. The summed E-state index contributed by atoms with van der Waals surface area (Å²) in [5, 5.41) is 8.81. The average molecular weight is 281 g/mol. The minimum Gasteiger partial charge on any atom is -0.481 e. The zero-order valence-corrected chi connectivity index (χ0v) is 12.5. The van der Waals surface area contributed by atoms with Crippen molar-refractivity contribution in [1.29, 1.82) is 0 Å². The van der Waals surface area contributed by atoms with Gasteiger partial charge in [-0.1, -0.05) is 32.6 Å². The third-order valence-corrected chi connectivity index (χ3v) is 4.97. The molecule has 1 heterocycles. The molecule has 2 rings (SSSR count). The molecule has 1 amide bonds. The Balaban J connectivity index is 1.74. The second-order valence-electron chi connectivity index (χ2n) is 6.65. The molecule has 1 atom stereocenters. The number of hydrogen-bond donors (Lipinski definition) is 1. The number of rotatable bonds is 5. The highest BCUT2D eigenvalue weighted by atomic mass is 16.4. The maximum absolute atomic E-state index is 12.4. The number of nitrogens with zero attached hydrogens (tertiary/aromatic N) is 1. The van der Waals surface area contributed by atoms with Crippen LogP contribution < -0.4 is 0 Å². The maximum Gasteiger partial charge on any atom is 0.303 e. The summed E-state index contributed by atoms with van der Waals surface area (Å²) in [5.41, 5.74) is 0. The molecule has 0 aromatic carbocycles. The molecule has 0 bridgehead atoms. The van der Waals surface area contributed by atoms with E-state index in [1.54, 1.807) is 0 Å². The quantitative estimate of drug-likeness (QED) is 0.843. The monoisotopic (exact) mass is 281 g/mol. The molecule has 4 heteroatoms. The Morgan fingerprint density at radius 1 is 1.10 bits per heavy atom. The summed E-state index contributed by atoms with van der Waals surface area (Å²) in [7, 11) is 0. The summed E-state index contributed by atoms with van der Waals surface area (Å²) in [5.74, 6) is 0.698. The molecule has 114 valence electrons. The molecule has 1 N–H and O–H groups in total. The molecule has 1 unspecified atom stereocenters. The zero-order chi connectivity index (χ0) is 14.5. The smallest absolute Gasteiger partial charge is 0.303 e. The van der Waals surface area contributed by atoms with Crippen LogP contribution in [0.4, 0.5) is 0 Å². The number of piperidine rings is 1. The fraction of sp³-hybridized carbons (Fsp3) is 0.875. The van der Waals surface area contributed by atoms with Gasteiger partial charge in [0.15, 0.2) is 0 Å². The molecule has 0 aromatic rings. The second kappa shape index (κ2) is 7.09. The topological polar surface area (TPSA) is 57.6 Å². The van der Waals surface area contributed by atoms with Gasteiger partial charge in [-0.15, -0.1) is 0 Å². The van der Waals surface area contributed by atoms with Gasteiger partial charge >= 0.3 is 5.97 Å². The van der Waals surface area contributed by atoms with E-state index in [2.05, 4.69) is 6.92 Å². The molecule has 0 spiro atoms. The van der Waals surface area contributed by atoms with Crippen LogP contribution in [0.3, 0.4) is 0 Å². The van der Waals surface area contributed by atoms with E-state index in [-0.39, 0.29) is 24.2 Å². The molecule has 0 radical (unpaired) electrons. The normalized spacial score (nSPS) is 22.9. The molecule has 1 saturated heterocycles. The van der Waals surface area contributed by atoms with Crippen LogP contribution in [0.1, 0.15) is 58.3 Å². The molecule has 1 saturated carbocycles. The van der Waals surface area contributed by atoms with E-state index < -0.39 is 5.97 Å². The predicted molar refractivity (Wildman–Crippen MR) is 77.3 cm³/mol. The molecular formula is C16H27NO3. The van der Waals surface area contributed by atoms with Crippen LogP contribution in [0.5, 0.6) is 0 Å². The van der Waals surface area contributed by atoms with Gasteiger partial charge in [-0.25, -0.2) is 0 Å². The lowest BCUT2D eigenvalue weighted by Crippen LogP contribution is -2.41. The summed E-state index contributed by atoms with van der Waals surface area (Å²) >= 11 is 0. The van der Waals surface area contributed by atoms with Crippen molar-refractivity contribution in [2.45, 2.75) is 58.3 Å². The minimum absolute atomic E-state index is 0.133. The van der Waals surface area contributed by atoms with Crippen LogP contribution in [0, 0.1) is 17.8 Å². The van der Waals surface area contributed by atoms with Gasteiger partial charge in [0.1, 0.15) is 0 Å². The number of amides is 1. The highest BCUT2D eigenvalue weighted by Crippen LogP contribution is 2.31. The van der Waals surface area contributed by atoms with E-state index in [1.165, 1.54) is 25.7 Å². The third kappa shape index (κ3) is 4.22. The Morgan fingerprint density at radius 3 is 2.25 bits per heavy atom. The van der Waals surface area contributed by atoms with E-state index in [9.17, 15) is 9.59 Å². The molecule has 1 aliphatic carbocycles. The van der Waals surface area contributed by atoms with E-state index in [0.717, 1.165) is 38.3 Å². The maximum atomic E-state index is 12.4. The first-order valence-corrected chi connectivity index (χ1v) is 8.07. The first-order chi connectivity index (χ1) is 9.56. The van der Waals surface area contributed by atoms with Crippen molar-refractivity contribution in [1.82, 2.24) is 4.90 Å². The van der Waals surface area contributed by atoms with Crippen LogP contribution in [0.15, 0.2) is 0 Å². The van der Waals surface area contributed by atoms with Gasteiger partial charge in [0.2, 0.25) is 5.91 Å². The van der Waals surface area contributed by atoms with Crippen molar-refractivity contribution in [3.05, 3.63) is 0 Å². The standard InChI is InChI=1S/C16H27NO3/c1-12(10-13-4-2-3-5-13)16(20)17-8-6-14(7-9-17)11-15(18)19/h12-14H,2-11H2,1H3,(H,18,19). The van der Waals surface area contributed by atoms with Crippen molar-refractivity contribution in [2.75, 3.05) is 13.1 Å². The van der Waals surface area contributed by atoms with Gasteiger partial charge in [-0.3, -0.25) is 9.59 Å². The summed E-state index contributed by atoms with van der Waals surface area (Å²) < 4.78 is 0. The SMILES string of the molecule is CC(CC1CCCC1)C(=O)N1CCC(CC(=O)O)CC1. The van der Waals surface area contributed by atoms with Crippen molar-refractivity contribution in [3.63, 3.8) is 0 Å². The first-order valence-electron chi connectivity index (χ1n) is 8.07. The van der Waals surface area contributed by atoms with Crippen molar-refractivity contribution in [2.24, 2.45) is 17.8 Å². The Hall–Kier alpha value is -1.06. The highest BCUT2D eigenvalue weighted by Gasteiger charge is 2.28. The second-order valence-corrected chi connectivity index (χ2v) is 6.65. The molecule has 2 fully saturated rings. The van der Waals surface area contributed by atoms with Gasteiger partial charge in [0.05, 0.1) is 0 Å². The lowest BCUT2D eigenvalue weighted by atomic mass is 9.90. The van der Waals surface area contributed by atoms with Crippen molar-refractivity contribution in [3.8, 4) is 0 Å². The number of carboxylic acids is 1. The van der Waals surface area contributed by atoms with Gasteiger partial charge < -0.3 is 10.0 Å². The summed E-state index contributed by atoms with van der Waals surface area (Å²) in [6.07, 6.45) is 8.20. The molecule has 0 aromatic heterocycles. The average Bonchev–Trinajstić information content (AvgIpc) is 2.91. The largest absolute Gasteiger partial charge is 0.481 e. The van der Waals surface area contributed by atoms with Crippen molar-refractivity contribution >= 4 is 11.9 Å². The summed E-state index contributed by atoms with van der Waals surface area (Å²) in [6, 6.07) is 0. The highest BCUT2D eigenvalue weighted by molar-refractivity contribution is 5.78. The van der Waals surface area contributed by atoms with Crippen LogP contribution in [-0.4, -0.2) is 35.0 Å². The minimum atomic E-state index is -0.718. The predicted octanol–water partition coefficient (Wildman–Crippen LogP) is 2.92.